The van der Waals surface area contributed by atoms with E-state index in [2.05, 4.69) is 53.8 Å². The van der Waals surface area contributed by atoms with E-state index >= 15 is 0 Å². The van der Waals surface area contributed by atoms with Crippen molar-refractivity contribution in [2.45, 2.75) is 6.04 Å². The Balaban J connectivity index is 1.91. The molecule has 0 aliphatic carbocycles. The highest BCUT2D eigenvalue weighted by Crippen LogP contribution is 2.27. The molecule has 0 spiro atoms. The summed E-state index contributed by atoms with van der Waals surface area (Å²) < 4.78 is 5.22. The molecule has 2 heteroatoms. The van der Waals surface area contributed by atoms with Crippen molar-refractivity contribution in [2.24, 2.45) is 0 Å². The van der Waals surface area contributed by atoms with Crippen LogP contribution in [0.3, 0.4) is 0 Å². The standard InChI is InChI=1S/C20H19NO/c1-22-19-14-12-18(13-15-19)21-20(16-8-4-2-5-9-16)17-10-6-3-7-11-17/h2-15,20-21H,1H3. The fourth-order valence-corrected chi connectivity index (χ4v) is 2.50. The van der Waals surface area contributed by atoms with Crippen LogP contribution in [0.5, 0.6) is 5.75 Å². The number of benzene rings is 3. The first-order valence-corrected chi connectivity index (χ1v) is 7.37. The Morgan fingerprint density at radius 2 is 1.18 bits per heavy atom. The molecule has 0 unspecified atom stereocenters. The van der Waals surface area contributed by atoms with Gasteiger partial charge in [0.25, 0.3) is 0 Å². The van der Waals surface area contributed by atoms with Crippen molar-refractivity contribution in [2.75, 3.05) is 12.4 Å². The van der Waals surface area contributed by atoms with Crippen LogP contribution >= 0.6 is 0 Å². The van der Waals surface area contributed by atoms with E-state index in [9.17, 15) is 0 Å². The van der Waals surface area contributed by atoms with Crippen molar-refractivity contribution < 1.29 is 4.74 Å². The minimum atomic E-state index is 0.121. The Labute approximate surface area is 131 Å². The molecule has 0 bridgehead atoms. The Morgan fingerprint density at radius 1 is 0.682 bits per heavy atom. The van der Waals surface area contributed by atoms with E-state index in [1.165, 1.54) is 11.1 Å². The summed E-state index contributed by atoms with van der Waals surface area (Å²) in [7, 11) is 1.68. The lowest BCUT2D eigenvalue weighted by Crippen LogP contribution is -2.12. The Bertz CT molecular complexity index is 653. The third-order valence-electron chi connectivity index (χ3n) is 3.67. The van der Waals surface area contributed by atoms with Crippen molar-refractivity contribution in [3.8, 4) is 5.75 Å². The number of hydrogen-bond acceptors (Lipinski definition) is 2. The number of ether oxygens (including phenoxy) is 1. The average Bonchev–Trinajstić information content (AvgIpc) is 2.62. The molecule has 3 aromatic carbocycles. The molecule has 1 N–H and O–H groups in total. The quantitative estimate of drug-likeness (QED) is 0.721. The summed E-state index contributed by atoms with van der Waals surface area (Å²) in [6, 6.07) is 29.1. The van der Waals surface area contributed by atoms with Crippen molar-refractivity contribution >= 4 is 5.69 Å². The molecular weight excluding hydrogens is 270 g/mol. The van der Waals surface area contributed by atoms with Gasteiger partial charge in [-0.15, -0.1) is 0 Å². The van der Waals surface area contributed by atoms with E-state index in [-0.39, 0.29) is 6.04 Å². The number of anilines is 1. The van der Waals surface area contributed by atoms with Gasteiger partial charge in [-0.05, 0) is 35.4 Å². The monoisotopic (exact) mass is 289 g/mol. The van der Waals surface area contributed by atoms with Crippen LogP contribution in [0.25, 0.3) is 0 Å². The van der Waals surface area contributed by atoms with Gasteiger partial charge in [0.05, 0.1) is 13.2 Å². The lowest BCUT2D eigenvalue weighted by atomic mass is 9.98. The minimum absolute atomic E-state index is 0.121. The maximum atomic E-state index is 5.22. The number of nitrogens with one attached hydrogen (secondary N) is 1. The van der Waals surface area contributed by atoms with Gasteiger partial charge in [-0.2, -0.15) is 0 Å². The van der Waals surface area contributed by atoms with Gasteiger partial charge in [-0.25, -0.2) is 0 Å². The summed E-state index contributed by atoms with van der Waals surface area (Å²) in [5.41, 5.74) is 3.55. The van der Waals surface area contributed by atoms with Crippen LogP contribution in [0.15, 0.2) is 84.9 Å². The summed E-state index contributed by atoms with van der Waals surface area (Å²) in [6.45, 7) is 0. The molecule has 3 aromatic rings. The van der Waals surface area contributed by atoms with Gasteiger partial charge in [0.1, 0.15) is 5.75 Å². The molecule has 0 fully saturated rings. The molecule has 0 aliphatic heterocycles. The molecule has 0 saturated heterocycles. The summed E-state index contributed by atoms with van der Waals surface area (Å²) in [5.74, 6) is 0.863. The fraction of sp³-hybridized carbons (Fsp3) is 0.100. The van der Waals surface area contributed by atoms with Gasteiger partial charge in [-0.3, -0.25) is 0 Å². The molecule has 3 rings (SSSR count). The maximum absolute atomic E-state index is 5.22. The number of rotatable bonds is 5. The molecule has 2 nitrogen and oxygen atoms in total. The van der Waals surface area contributed by atoms with Crippen LogP contribution in [-0.2, 0) is 0 Å². The van der Waals surface area contributed by atoms with Crippen LogP contribution < -0.4 is 10.1 Å². The Hall–Kier alpha value is -2.74. The molecule has 0 heterocycles. The summed E-state index contributed by atoms with van der Waals surface area (Å²) in [6.07, 6.45) is 0. The van der Waals surface area contributed by atoms with Crippen molar-refractivity contribution in [3.05, 3.63) is 96.1 Å². The highest BCUT2D eigenvalue weighted by Gasteiger charge is 2.13. The van der Waals surface area contributed by atoms with Crippen LogP contribution in [0.1, 0.15) is 17.2 Å². The van der Waals surface area contributed by atoms with Gasteiger partial charge < -0.3 is 10.1 Å². The van der Waals surface area contributed by atoms with Gasteiger partial charge in [0.15, 0.2) is 0 Å². The lowest BCUT2D eigenvalue weighted by Gasteiger charge is -2.21. The Kier molecular flexibility index (Phi) is 4.40. The van der Waals surface area contributed by atoms with Crippen LogP contribution in [-0.4, -0.2) is 7.11 Å². The third-order valence-corrected chi connectivity index (χ3v) is 3.67. The average molecular weight is 289 g/mol. The van der Waals surface area contributed by atoms with Gasteiger partial charge in [0.2, 0.25) is 0 Å². The third kappa shape index (κ3) is 3.29. The Morgan fingerprint density at radius 3 is 1.64 bits per heavy atom. The lowest BCUT2D eigenvalue weighted by molar-refractivity contribution is 0.415. The molecule has 22 heavy (non-hydrogen) atoms. The topological polar surface area (TPSA) is 21.3 Å². The second kappa shape index (κ2) is 6.81. The zero-order valence-corrected chi connectivity index (χ0v) is 12.6. The highest BCUT2D eigenvalue weighted by atomic mass is 16.5. The van der Waals surface area contributed by atoms with E-state index in [0.29, 0.717) is 0 Å². The first-order valence-electron chi connectivity index (χ1n) is 7.37. The predicted octanol–water partition coefficient (Wildman–Crippen LogP) is 4.90. The van der Waals surface area contributed by atoms with Gasteiger partial charge >= 0.3 is 0 Å². The van der Waals surface area contributed by atoms with Crippen LogP contribution in [0.4, 0.5) is 5.69 Å². The molecule has 0 aliphatic rings. The molecule has 0 amide bonds. The second-order valence-corrected chi connectivity index (χ2v) is 5.13. The number of methoxy groups -OCH3 is 1. The first kappa shape index (κ1) is 14.2. The molecule has 0 atom stereocenters. The van der Waals surface area contributed by atoms with E-state index in [1.807, 2.05) is 36.4 Å². The van der Waals surface area contributed by atoms with Crippen molar-refractivity contribution in [1.29, 1.82) is 0 Å². The fourth-order valence-electron chi connectivity index (χ4n) is 2.50. The zero-order valence-electron chi connectivity index (χ0n) is 12.6. The van der Waals surface area contributed by atoms with E-state index < -0.39 is 0 Å². The minimum Gasteiger partial charge on any atom is -0.497 e. The van der Waals surface area contributed by atoms with Crippen molar-refractivity contribution in [3.63, 3.8) is 0 Å². The second-order valence-electron chi connectivity index (χ2n) is 5.13. The van der Waals surface area contributed by atoms with Gasteiger partial charge in [0, 0.05) is 5.69 Å². The first-order chi connectivity index (χ1) is 10.9. The van der Waals surface area contributed by atoms with E-state index in [0.717, 1.165) is 11.4 Å². The molecular formula is C20H19NO. The molecule has 110 valence electrons. The molecule has 0 radical (unpaired) electrons. The summed E-state index contributed by atoms with van der Waals surface area (Å²) in [5, 5.41) is 3.61. The molecule has 0 aromatic heterocycles. The van der Waals surface area contributed by atoms with Crippen LogP contribution in [0, 0.1) is 0 Å². The van der Waals surface area contributed by atoms with Crippen LogP contribution in [0.2, 0.25) is 0 Å². The highest BCUT2D eigenvalue weighted by molar-refractivity contribution is 5.51. The van der Waals surface area contributed by atoms with Gasteiger partial charge in [-0.1, -0.05) is 60.7 Å². The smallest absolute Gasteiger partial charge is 0.119 e. The number of hydrogen-bond donors (Lipinski definition) is 1. The summed E-state index contributed by atoms with van der Waals surface area (Å²) in [4.78, 5) is 0. The molecule has 0 saturated carbocycles. The van der Waals surface area contributed by atoms with E-state index in [1.54, 1.807) is 7.11 Å². The normalized spacial score (nSPS) is 10.5. The van der Waals surface area contributed by atoms with E-state index in [4.69, 9.17) is 4.74 Å². The SMILES string of the molecule is COc1ccc(NC(c2ccccc2)c2ccccc2)cc1. The predicted molar refractivity (Wildman–Crippen MR) is 91.3 cm³/mol. The maximum Gasteiger partial charge on any atom is 0.119 e. The van der Waals surface area contributed by atoms with Crippen molar-refractivity contribution in [1.82, 2.24) is 0 Å². The summed E-state index contributed by atoms with van der Waals surface area (Å²) >= 11 is 0. The largest absolute Gasteiger partial charge is 0.497 e. The zero-order chi connectivity index (χ0) is 15.2.